The number of hydrogen-bond donors (Lipinski definition) is 1. The van der Waals surface area contributed by atoms with Gasteiger partial charge in [-0.1, -0.05) is 0 Å². The predicted octanol–water partition coefficient (Wildman–Crippen LogP) is 2.63. The van der Waals surface area contributed by atoms with E-state index in [-0.39, 0.29) is 6.10 Å². The molecular formula is C13H19NOS. The van der Waals surface area contributed by atoms with Gasteiger partial charge in [-0.05, 0) is 54.5 Å². The highest BCUT2D eigenvalue weighted by molar-refractivity contribution is 7.07. The van der Waals surface area contributed by atoms with Gasteiger partial charge >= 0.3 is 0 Å². The molecule has 3 heteroatoms. The third-order valence-electron chi connectivity index (χ3n) is 3.83. The van der Waals surface area contributed by atoms with Crippen LogP contribution in [0.15, 0.2) is 16.8 Å². The molecule has 1 aromatic rings. The van der Waals surface area contributed by atoms with Crippen molar-refractivity contribution in [1.82, 2.24) is 4.90 Å². The predicted molar refractivity (Wildman–Crippen MR) is 66.5 cm³/mol. The van der Waals surface area contributed by atoms with Crippen LogP contribution in [0.5, 0.6) is 0 Å². The first-order valence-corrected chi connectivity index (χ1v) is 7.24. The number of thiophene rings is 1. The molecule has 88 valence electrons. The second-order valence-corrected chi connectivity index (χ2v) is 5.88. The van der Waals surface area contributed by atoms with E-state index in [1.54, 1.807) is 11.3 Å². The Morgan fingerprint density at radius 3 is 2.75 bits per heavy atom. The Kier molecular flexibility index (Phi) is 3.01. The Bertz CT molecular complexity index is 334. The molecule has 0 radical (unpaired) electrons. The van der Waals surface area contributed by atoms with Crippen molar-refractivity contribution in [3.63, 3.8) is 0 Å². The van der Waals surface area contributed by atoms with Gasteiger partial charge in [0.05, 0.1) is 6.10 Å². The Labute approximate surface area is 101 Å². The van der Waals surface area contributed by atoms with Crippen molar-refractivity contribution in [1.29, 1.82) is 0 Å². The summed E-state index contributed by atoms with van der Waals surface area (Å²) in [6.07, 6.45) is 5.94. The molecule has 1 N–H and O–H groups in total. The van der Waals surface area contributed by atoms with E-state index in [0.717, 1.165) is 19.0 Å². The van der Waals surface area contributed by atoms with E-state index in [2.05, 4.69) is 21.7 Å². The smallest absolute Gasteiger partial charge is 0.0695 e. The van der Waals surface area contributed by atoms with Crippen LogP contribution in [0.3, 0.4) is 0 Å². The zero-order valence-corrected chi connectivity index (χ0v) is 10.3. The summed E-state index contributed by atoms with van der Waals surface area (Å²) in [4.78, 5) is 2.56. The van der Waals surface area contributed by atoms with Gasteiger partial charge in [-0.2, -0.15) is 11.3 Å². The molecule has 0 aromatic carbocycles. The maximum Gasteiger partial charge on any atom is 0.0695 e. The summed E-state index contributed by atoms with van der Waals surface area (Å²) < 4.78 is 0. The van der Waals surface area contributed by atoms with Crippen LogP contribution in [0, 0.1) is 0 Å². The summed E-state index contributed by atoms with van der Waals surface area (Å²) in [7, 11) is 0. The molecule has 2 atom stereocenters. The SMILES string of the molecule is O[C@@H]1CCC[C@H]1N(Cc1ccsc1)C1CC1. The van der Waals surface area contributed by atoms with Crippen molar-refractivity contribution >= 4 is 11.3 Å². The summed E-state index contributed by atoms with van der Waals surface area (Å²) in [5.41, 5.74) is 1.41. The number of rotatable bonds is 4. The molecule has 2 aliphatic carbocycles. The first-order chi connectivity index (χ1) is 7.84. The van der Waals surface area contributed by atoms with Gasteiger partial charge in [-0.25, -0.2) is 0 Å². The van der Waals surface area contributed by atoms with Crippen molar-refractivity contribution in [3.8, 4) is 0 Å². The highest BCUT2D eigenvalue weighted by Gasteiger charge is 2.38. The maximum atomic E-state index is 10.0. The van der Waals surface area contributed by atoms with E-state index in [0.29, 0.717) is 6.04 Å². The highest BCUT2D eigenvalue weighted by Crippen LogP contribution is 2.35. The zero-order chi connectivity index (χ0) is 11.0. The van der Waals surface area contributed by atoms with Crippen LogP contribution in [0.4, 0.5) is 0 Å². The Morgan fingerprint density at radius 1 is 1.31 bits per heavy atom. The third kappa shape index (κ3) is 2.17. The average Bonchev–Trinajstić information content (AvgIpc) is 2.82. The molecular weight excluding hydrogens is 218 g/mol. The van der Waals surface area contributed by atoms with Crippen LogP contribution in [-0.4, -0.2) is 28.2 Å². The molecule has 0 saturated heterocycles. The monoisotopic (exact) mass is 237 g/mol. The van der Waals surface area contributed by atoms with Gasteiger partial charge < -0.3 is 5.11 Å². The lowest BCUT2D eigenvalue weighted by molar-refractivity contribution is 0.0606. The van der Waals surface area contributed by atoms with E-state index < -0.39 is 0 Å². The minimum absolute atomic E-state index is 0.0840. The van der Waals surface area contributed by atoms with E-state index in [1.165, 1.54) is 31.2 Å². The van der Waals surface area contributed by atoms with E-state index in [9.17, 15) is 5.11 Å². The Hall–Kier alpha value is -0.380. The third-order valence-corrected chi connectivity index (χ3v) is 4.56. The molecule has 2 nitrogen and oxygen atoms in total. The van der Waals surface area contributed by atoms with Crippen molar-refractivity contribution in [2.75, 3.05) is 0 Å². The molecule has 0 spiro atoms. The largest absolute Gasteiger partial charge is 0.391 e. The van der Waals surface area contributed by atoms with E-state index in [1.807, 2.05) is 0 Å². The highest BCUT2D eigenvalue weighted by atomic mass is 32.1. The summed E-state index contributed by atoms with van der Waals surface area (Å²) >= 11 is 1.77. The molecule has 2 saturated carbocycles. The molecule has 0 aliphatic heterocycles. The number of aliphatic hydroxyl groups is 1. The van der Waals surface area contributed by atoms with Gasteiger partial charge in [0.25, 0.3) is 0 Å². The normalized spacial score (nSPS) is 30.1. The van der Waals surface area contributed by atoms with Gasteiger partial charge in [-0.3, -0.25) is 4.90 Å². The number of hydrogen-bond acceptors (Lipinski definition) is 3. The quantitative estimate of drug-likeness (QED) is 0.870. The zero-order valence-electron chi connectivity index (χ0n) is 9.51. The fraction of sp³-hybridized carbons (Fsp3) is 0.692. The Morgan fingerprint density at radius 2 is 2.19 bits per heavy atom. The summed E-state index contributed by atoms with van der Waals surface area (Å²) in [6.45, 7) is 1.04. The van der Waals surface area contributed by atoms with Crippen molar-refractivity contribution in [3.05, 3.63) is 22.4 Å². The van der Waals surface area contributed by atoms with Gasteiger partial charge in [0.1, 0.15) is 0 Å². The van der Waals surface area contributed by atoms with Crippen molar-refractivity contribution in [2.45, 2.75) is 56.8 Å². The second-order valence-electron chi connectivity index (χ2n) is 5.10. The minimum atomic E-state index is -0.0840. The lowest BCUT2D eigenvalue weighted by Crippen LogP contribution is -2.41. The molecule has 0 amide bonds. The fourth-order valence-electron chi connectivity index (χ4n) is 2.82. The van der Waals surface area contributed by atoms with Crippen LogP contribution < -0.4 is 0 Å². The first kappa shape index (κ1) is 10.8. The average molecular weight is 237 g/mol. The molecule has 1 heterocycles. The van der Waals surface area contributed by atoms with E-state index in [4.69, 9.17) is 0 Å². The lowest BCUT2D eigenvalue weighted by Gasteiger charge is -2.30. The van der Waals surface area contributed by atoms with Crippen LogP contribution in [0.25, 0.3) is 0 Å². The number of aliphatic hydroxyl groups excluding tert-OH is 1. The summed E-state index contributed by atoms with van der Waals surface area (Å²) in [5.74, 6) is 0. The standard InChI is InChI=1S/C13H19NOS/c15-13-3-1-2-12(13)14(11-4-5-11)8-10-6-7-16-9-10/h6-7,9,11-13,15H,1-5,8H2/t12-,13-/m1/s1. The molecule has 0 unspecified atom stereocenters. The molecule has 2 fully saturated rings. The maximum absolute atomic E-state index is 10.0. The van der Waals surface area contributed by atoms with Gasteiger partial charge in [0.15, 0.2) is 0 Å². The summed E-state index contributed by atoms with van der Waals surface area (Å²) in [6, 6.07) is 3.38. The van der Waals surface area contributed by atoms with Gasteiger partial charge in [-0.15, -0.1) is 0 Å². The summed E-state index contributed by atoms with van der Waals surface area (Å²) in [5, 5.41) is 14.4. The van der Waals surface area contributed by atoms with Crippen molar-refractivity contribution < 1.29 is 5.11 Å². The lowest BCUT2D eigenvalue weighted by atomic mass is 10.1. The number of nitrogens with zero attached hydrogens (tertiary/aromatic N) is 1. The molecule has 3 rings (SSSR count). The van der Waals surface area contributed by atoms with Crippen LogP contribution in [0.2, 0.25) is 0 Å². The Balaban J connectivity index is 1.71. The van der Waals surface area contributed by atoms with Crippen molar-refractivity contribution in [2.24, 2.45) is 0 Å². The minimum Gasteiger partial charge on any atom is -0.391 e. The fourth-order valence-corrected chi connectivity index (χ4v) is 3.48. The first-order valence-electron chi connectivity index (χ1n) is 6.29. The van der Waals surface area contributed by atoms with Crippen LogP contribution >= 0.6 is 11.3 Å². The molecule has 2 aliphatic rings. The van der Waals surface area contributed by atoms with E-state index >= 15 is 0 Å². The van der Waals surface area contributed by atoms with Crippen LogP contribution in [-0.2, 0) is 6.54 Å². The second kappa shape index (κ2) is 4.47. The molecule has 1 aromatic heterocycles. The van der Waals surface area contributed by atoms with Crippen LogP contribution in [0.1, 0.15) is 37.7 Å². The molecule has 16 heavy (non-hydrogen) atoms. The topological polar surface area (TPSA) is 23.5 Å². The van der Waals surface area contributed by atoms with Gasteiger partial charge in [0.2, 0.25) is 0 Å². The molecule has 0 bridgehead atoms. The van der Waals surface area contributed by atoms with Gasteiger partial charge in [0, 0.05) is 18.6 Å².